The smallest absolute Gasteiger partial charge is 0.234 e. The van der Waals surface area contributed by atoms with Crippen LogP contribution in [0.15, 0.2) is 17.6 Å². The first-order valence-corrected chi connectivity index (χ1v) is 5.07. The molecule has 0 saturated carbocycles. The molecule has 13 heavy (non-hydrogen) atoms. The number of hydrogen-bond donors (Lipinski definition) is 0. The van der Waals surface area contributed by atoms with E-state index in [4.69, 9.17) is 0 Å². The van der Waals surface area contributed by atoms with Crippen molar-refractivity contribution < 1.29 is 8.78 Å². The Morgan fingerprint density at radius 1 is 1.38 bits per heavy atom. The predicted molar refractivity (Wildman–Crippen MR) is 48.2 cm³/mol. The number of hydrogen-bond acceptors (Lipinski definition) is 4. The number of alkyl halides is 2. The van der Waals surface area contributed by atoms with Crippen LogP contribution in [0.5, 0.6) is 0 Å². The van der Waals surface area contributed by atoms with Crippen molar-refractivity contribution in [2.75, 3.05) is 0 Å². The Morgan fingerprint density at radius 3 is 2.77 bits per heavy atom. The van der Waals surface area contributed by atoms with Crippen LogP contribution in [-0.2, 0) is 0 Å². The lowest BCUT2D eigenvalue weighted by atomic mass is 10.4. The van der Waals surface area contributed by atoms with Gasteiger partial charge in [0.25, 0.3) is 6.43 Å². The summed E-state index contributed by atoms with van der Waals surface area (Å²) in [7, 11) is 0. The summed E-state index contributed by atoms with van der Waals surface area (Å²) in [6.07, 6.45) is -0.854. The second kappa shape index (κ2) is 3.47. The summed E-state index contributed by atoms with van der Waals surface area (Å²) in [4.78, 5) is 4.61. The molecule has 0 fully saturated rings. The van der Waals surface area contributed by atoms with Gasteiger partial charge in [0.1, 0.15) is 0 Å². The summed E-state index contributed by atoms with van der Waals surface area (Å²) in [5.41, 5.74) is 0.586. The van der Waals surface area contributed by atoms with Crippen LogP contribution in [0.3, 0.4) is 0 Å². The van der Waals surface area contributed by atoms with E-state index in [1.165, 1.54) is 11.5 Å². The van der Waals surface area contributed by atoms with Crippen LogP contribution in [0.4, 0.5) is 8.78 Å². The van der Waals surface area contributed by atoms with E-state index in [1.54, 1.807) is 17.6 Å². The van der Waals surface area contributed by atoms with Crippen LogP contribution < -0.4 is 0 Å². The number of nitrogens with zero attached hydrogens (tertiary/aromatic N) is 2. The van der Waals surface area contributed by atoms with Gasteiger partial charge in [-0.1, -0.05) is 0 Å². The third-order valence-electron chi connectivity index (χ3n) is 1.40. The molecule has 2 heterocycles. The Hall–Kier alpha value is -0.880. The Morgan fingerprint density at radius 2 is 2.23 bits per heavy atom. The summed E-state index contributed by atoms with van der Waals surface area (Å²) in [5.74, 6) is 0. The second-order valence-corrected chi connectivity index (χ2v) is 3.97. The molecule has 2 rings (SSSR count). The summed E-state index contributed by atoms with van der Waals surface area (Å²) in [6.45, 7) is 0. The molecule has 6 heteroatoms. The summed E-state index contributed by atoms with van der Waals surface area (Å²) >= 11 is 2.22. The molecule has 0 spiro atoms. The van der Waals surface area contributed by atoms with Gasteiger partial charge in [-0.3, -0.25) is 0 Å². The molecule has 0 saturated heterocycles. The Kier molecular flexibility index (Phi) is 2.32. The highest BCUT2D eigenvalue weighted by Gasteiger charge is 2.13. The second-order valence-electron chi connectivity index (χ2n) is 2.25. The Balaban J connectivity index is 2.33. The highest BCUT2D eigenvalue weighted by atomic mass is 32.1. The van der Waals surface area contributed by atoms with Crippen LogP contribution in [0, 0.1) is 0 Å². The highest BCUT2D eigenvalue weighted by Crippen LogP contribution is 2.29. The van der Waals surface area contributed by atoms with Crippen molar-refractivity contribution in [3.05, 3.63) is 22.7 Å². The van der Waals surface area contributed by atoms with E-state index in [-0.39, 0.29) is 5.01 Å². The Bertz CT molecular complexity index is 383. The van der Waals surface area contributed by atoms with Gasteiger partial charge < -0.3 is 0 Å². The first-order chi connectivity index (χ1) is 6.27. The molecule has 2 aromatic heterocycles. The summed E-state index contributed by atoms with van der Waals surface area (Å²) in [6, 6.07) is 1.76. The third kappa shape index (κ3) is 1.73. The molecule has 2 aromatic rings. The molecule has 0 unspecified atom stereocenters. The zero-order valence-corrected chi connectivity index (χ0v) is 7.91. The van der Waals surface area contributed by atoms with Crippen molar-refractivity contribution in [1.29, 1.82) is 0 Å². The SMILES string of the molecule is FC(F)c1nc(-c2ccns2)cs1. The van der Waals surface area contributed by atoms with Crippen molar-refractivity contribution >= 4 is 22.9 Å². The largest absolute Gasteiger partial charge is 0.289 e. The van der Waals surface area contributed by atoms with Gasteiger partial charge in [0.15, 0.2) is 5.01 Å². The Labute approximate surface area is 81.0 Å². The van der Waals surface area contributed by atoms with Crippen LogP contribution in [0.25, 0.3) is 10.6 Å². The van der Waals surface area contributed by atoms with Crippen LogP contribution in [0.2, 0.25) is 0 Å². The quantitative estimate of drug-likeness (QED) is 0.773. The summed E-state index contributed by atoms with van der Waals surface area (Å²) < 4.78 is 28.2. The van der Waals surface area contributed by atoms with Crippen molar-refractivity contribution in [2.24, 2.45) is 0 Å². The van der Waals surface area contributed by atoms with E-state index in [2.05, 4.69) is 9.36 Å². The van der Waals surface area contributed by atoms with Gasteiger partial charge in [-0.25, -0.2) is 18.1 Å². The standard InChI is InChI=1S/C7H4F2N2S2/c8-6(9)7-11-4(3-12-7)5-1-2-10-13-5/h1-3,6H. The molecule has 0 aliphatic rings. The molecule has 0 N–H and O–H groups in total. The van der Waals surface area contributed by atoms with E-state index in [1.807, 2.05) is 0 Å². The van der Waals surface area contributed by atoms with Gasteiger partial charge in [-0.15, -0.1) is 11.3 Å². The molecule has 0 atom stereocenters. The average molecular weight is 218 g/mol. The van der Waals surface area contributed by atoms with Gasteiger partial charge >= 0.3 is 0 Å². The fourth-order valence-electron chi connectivity index (χ4n) is 0.849. The molecular formula is C7H4F2N2S2. The van der Waals surface area contributed by atoms with Gasteiger partial charge in [0.05, 0.1) is 10.6 Å². The molecule has 0 amide bonds. The fourth-order valence-corrected chi connectivity index (χ4v) is 2.14. The predicted octanol–water partition coefficient (Wildman–Crippen LogP) is 3.20. The molecule has 0 aromatic carbocycles. The maximum Gasteiger partial charge on any atom is 0.289 e. The molecule has 0 aliphatic heterocycles. The number of halogens is 2. The van der Waals surface area contributed by atoms with E-state index < -0.39 is 6.43 Å². The lowest BCUT2D eigenvalue weighted by molar-refractivity contribution is 0.151. The average Bonchev–Trinajstić information content (AvgIpc) is 2.75. The first kappa shape index (κ1) is 8.71. The van der Waals surface area contributed by atoms with Crippen molar-refractivity contribution in [3.8, 4) is 10.6 Å². The molecular weight excluding hydrogens is 214 g/mol. The zero-order chi connectivity index (χ0) is 9.26. The topological polar surface area (TPSA) is 25.8 Å². The van der Waals surface area contributed by atoms with Crippen molar-refractivity contribution in [2.45, 2.75) is 6.43 Å². The van der Waals surface area contributed by atoms with Crippen molar-refractivity contribution in [3.63, 3.8) is 0 Å². The van der Waals surface area contributed by atoms with E-state index in [0.717, 1.165) is 16.2 Å². The maximum atomic E-state index is 12.2. The minimum atomic E-state index is -2.48. The third-order valence-corrected chi connectivity index (χ3v) is 3.02. The summed E-state index contributed by atoms with van der Waals surface area (Å²) in [5, 5.41) is 1.48. The molecule has 0 radical (unpaired) electrons. The van der Waals surface area contributed by atoms with Gasteiger partial charge in [0, 0.05) is 11.6 Å². The zero-order valence-electron chi connectivity index (χ0n) is 6.28. The lowest BCUT2D eigenvalue weighted by Gasteiger charge is -1.89. The lowest BCUT2D eigenvalue weighted by Crippen LogP contribution is -1.80. The van der Waals surface area contributed by atoms with Crippen LogP contribution in [-0.4, -0.2) is 9.36 Å². The minimum absolute atomic E-state index is 0.136. The number of aromatic nitrogens is 2. The van der Waals surface area contributed by atoms with Crippen LogP contribution in [0.1, 0.15) is 11.4 Å². The van der Waals surface area contributed by atoms with E-state index in [9.17, 15) is 8.78 Å². The molecule has 2 nitrogen and oxygen atoms in total. The molecule has 68 valence electrons. The first-order valence-electron chi connectivity index (χ1n) is 3.42. The van der Waals surface area contributed by atoms with Gasteiger partial charge in [-0.2, -0.15) is 0 Å². The highest BCUT2D eigenvalue weighted by molar-refractivity contribution is 7.11. The van der Waals surface area contributed by atoms with E-state index in [0.29, 0.717) is 5.69 Å². The van der Waals surface area contributed by atoms with Gasteiger partial charge in [-0.05, 0) is 17.6 Å². The maximum absolute atomic E-state index is 12.2. The minimum Gasteiger partial charge on any atom is -0.234 e. The monoisotopic (exact) mass is 218 g/mol. The van der Waals surface area contributed by atoms with Crippen LogP contribution >= 0.6 is 22.9 Å². The van der Waals surface area contributed by atoms with Gasteiger partial charge in [0.2, 0.25) is 0 Å². The van der Waals surface area contributed by atoms with E-state index >= 15 is 0 Å². The number of thiazole rings is 1. The van der Waals surface area contributed by atoms with Crippen molar-refractivity contribution in [1.82, 2.24) is 9.36 Å². The normalized spacial score (nSPS) is 11.0. The molecule has 0 aliphatic carbocycles. The number of rotatable bonds is 2. The molecule has 0 bridgehead atoms. The fraction of sp³-hybridized carbons (Fsp3) is 0.143.